The minimum absolute atomic E-state index is 0.0141. The van der Waals surface area contributed by atoms with E-state index in [9.17, 15) is 71.1 Å². The molecule has 0 bridgehead atoms. The van der Waals surface area contributed by atoms with Crippen molar-refractivity contribution in [2.45, 2.75) is 81.2 Å². The third-order valence-corrected chi connectivity index (χ3v) is 15.7. The van der Waals surface area contributed by atoms with Gasteiger partial charge in [0.15, 0.2) is 21.3 Å². The number of sulfone groups is 1. The molecule has 2 aliphatic rings. The summed E-state index contributed by atoms with van der Waals surface area (Å²) in [7, 11) is -8.83. The maximum Gasteiger partial charge on any atom is 0.435 e. The van der Waals surface area contributed by atoms with Gasteiger partial charge in [0.2, 0.25) is 22.7 Å². The number of aliphatic carboxylic acids is 1. The number of rotatable bonds is 18. The van der Waals surface area contributed by atoms with E-state index in [2.05, 4.69) is 37.1 Å². The number of amides is 2. The van der Waals surface area contributed by atoms with Gasteiger partial charge in [0.05, 0.1) is 44.6 Å². The predicted molar refractivity (Wildman–Crippen MR) is 249 cm³/mol. The second-order valence-electron chi connectivity index (χ2n) is 18.1. The zero-order valence-corrected chi connectivity index (χ0v) is 42.2. The van der Waals surface area contributed by atoms with Crippen molar-refractivity contribution in [3.8, 4) is 23.0 Å². The van der Waals surface area contributed by atoms with Gasteiger partial charge < -0.3 is 19.9 Å². The summed E-state index contributed by atoms with van der Waals surface area (Å²) in [6, 6.07) is 4.66. The van der Waals surface area contributed by atoms with Crippen LogP contribution < -0.4 is 9.62 Å². The summed E-state index contributed by atoms with van der Waals surface area (Å²) in [5, 5.41) is 17.0. The summed E-state index contributed by atoms with van der Waals surface area (Å²) in [6.07, 6.45) is -11.6. The number of carboxylic acids is 1. The molecule has 5 aromatic rings. The lowest BCUT2D eigenvalue weighted by molar-refractivity contribution is -0.146. The lowest BCUT2D eigenvalue weighted by Gasteiger charge is -2.25. The van der Waals surface area contributed by atoms with E-state index in [1.165, 1.54) is 26.0 Å². The summed E-state index contributed by atoms with van der Waals surface area (Å²) in [6.45, 7) is -2.11. The standard InChI is InChI=1S/C46H38ClF10N7O11S2/c1-43(2,76(3,70)71)14-13-25-5-6-26(27-8-10-30(47)36-38(27)63(20-44(50,51)52)61-41(36)64(77(4,72)73)42(69)75-21-74-34(68)12-11-33(66)67)37(58-25)31(17-22-15-23(48)18-24(49)16-22)59-32(65)19-62-40-35(39(60-62)46(55,56)57)28-7-9-29(28)45(40,53)54/h5-6,8,10-12,15-16,18,28-29,31H,13-14,17,19-21H2,1-4H3,(H,59,65)(H,66,67)/b12-11+/t28-,29+,31-/m0/s1. The topological polar surface area (TPSA) is 239 Å². The highest BCUT2D eigenvalue weighted by molar-refractivity contribution is 7.92. The van der Waals surface area contributed by atoms with Crippen LogP contribution >= 0.6 is 11.6 Å². The molecule has 0 saturated carbocycles. The average Bonchev–Trinajstić information content (AvgIpc) is 3.86. The van der Waals surface area contributed by atoms with Gasteiger partial charge in [0.25, 0.3) is 0 Å². The van der Waals surface area contributed by atoms with Gasteiger partial charge in [-0.15, -0.1) is 0 Å². The Kier molecular flexibility index (Phi) is 15.4. The quantitative estimate of drug-likeness (QED) is 0.0284. The van der Waals surface area contributed by atoms with Crippen molar-refractivity contribution in [2.24, 2.45) is 5.92 Å². The molecule has 18 nitrogen and oxygen atoms in total. The van der Waals surface area contributed by atoms with Crippen LogP contribution in [-0.2, 0) is 81.7 Å². The molecular weight excluding hydrogens is 1120 g/mol. The van der Waals surface area contributed by atoms with E-state index in [0.717, 1.165) is 30.5 Å². The molecule has 412 valence electrons. The number of benzene rings is 2. The number of fused-ring (bicyclic) bond motifs is 4. The largest absolute Gasteiger partial charge is 0.478 e. The van der Waals surface area contributed by atoms with Crippen LogP contribution in [0.15, 0.2) is 54.6 Å². The molecule has 2 amide bonds. The van der Waals surface area contributed by atoms with Crippen LogP contribution in [-0.4, -0.2) is 101 Å². The Morgan fingerprint density at radius 1 is 0.922 bits per heavy atom. The number of halogens is 11. The van der Waals surface area contributed by atoms with Gasteiger partial charge in [-0.25, -0.2) is 40.0 Å². The zero-order valence-electron chi connectivity index (χ0n) is 39.9. The first-order chi connectivity index (χ1) is 35.5. The fraction of sp³-hybridized carbons (Fsp3) is 0.370. The van der Waals surface area contributed by atoms with Crippen molar-refractivity contribution in [3.05, 3.63) is 105 Å². The molecule has 0 unspecified atom stereocenters. The van der Waals surface area contributed by atoms with E-state index in [1.54, 1.807) is 0 Å². The minimum Gasteiger partial charge on any atom is -0.478 e. The van der Waals surface area contributed by atoms with Gasteiger partial charge in [-0.05, 0) is 62.9 Å². The van der Waals surface area contributed by atoms with E-state index in [4.69, 9.17) is 21.4 Å². The monoisotopic (exact) mass is 1150 g/mol. The zero-order chi connectivity index (χ0) is 57.1. The van der Waals surface area contributed by atoms with Crippen LogP contribution in [0.3, 0.4) is 0 Å². The van der Waals surface area contributed by atoms with Crippen LogP contribution in [0, 0.1) is 29.4 Å². The van der Waals surface area contributed by atoms with E-state index >= 15 is 8.78 Å². The number of hydrogen-bond donors (Lipinski definition) is 2. The highest BCUT2D eigenvalue weighted by Crippen LogP contribution is 2.58. The average molecular weight is 1150 g/mol. The van der Waals surface area contributed by atoms with E-state index in [-0.39, 0.29) is 43.3 Å². The molecule has 2 aromatic carbocycles. The maximum absolute atomic E-state index is 15.8. The summed E-state index contributed by atoms with van der Waals surface area (Å²) < 4.78 is 208. The lowest BCUT2D eigenvalue weighted by Crippen LogP contribution is -2.37. The molecule has 0 spiro atoms. The number of ether oxygens (including phenoxy) is 2. The van der Waals surface area contributed by atoms with Crippen LogP contribution in [0.4, 0.5) is 54.5 Å². The molecular formula is C46H38ClF10N7O11S2. The molecule has 3 heterocycles. The fourth-order valence-electron chi connectivity index (χ4n) is 8.37. The molecule has 0 aliphatic heterocycles. The first-order valence-corrected chi connectivity index (χ1v) is 26.1. The third-order valence-electron chi connectivity index (χ3n) is 12.2. The van der Waals surface area contributed by atoms with Gasteiger partial charge in [0, 0.05) is 46.9 Å². The second kappa shape index (κ2) is 20.6. The predicted octanol–water partition coefficient (Wildman–Crippen LogP) is 7.53. The number of nitrogens with one attached hydrogen (secondary N) is 1. The van der Waals surface area contributed by atoms with Gasteiger partial charge in [-0.1, -0.05) is 35.6 Å². The Balaban J connectivity index is 1.43. The number of sulfonamides is 1. The Bertz CT molecular complexity index is 3570. The summed E-state index contributed by atoms with van der Waals surface area (Å²) >= 11 is 6.59. The molecule has 0 radical (unpaired) electrons. The molecule has 0 saturated heterocycles. The highest BCUT2D eigenvalue weighted by Gasteiger charge is 2.62. The van der Waals surface area contributed by atoms with Crippen molar-refractivity contribution in [1.29, 1.82) is 0 Å². The lowest BCUT2D eigenvalue weighted by atomic mass is 9.84. The van der Waals surface area contributed by atoms with Crippen LogP contribution in [0.5, 0.6) is 0 Å². The molecule has 3 aromatic heterocycles. The first kappa shape index (κ1) is 57.4. The Labute approximate surface area is 433 Å². The number of alkyl halides is 8. The summed E-state index contributed by atoms with van der Waals surface area (Å²) in [5.41, 5.74) is -6.26. The Morgan fingerprint density at radius 3 is 2.14 bits per heavy atom. The number of hydrogen-bond acceptors (Lipinski definition) is 13. The normalized spacial score (nSPS) is 16.5. The number of carbonyl (C=O) groups is 4. The van der Waals surface area contributed by atoms with Gasteiger partial charge in [0.1, 0.15) is 36.3 Å². The molecule has 7 rings (SSSR count). The van der Waals surface area contributed by atoms with Crippen LogP contribution in [0.2, 0.25) is 5.02 Å². The molecule has 3 atom stereocenters. The van der Waals surface area contributed by atoms with Crippen molar-refractivity contribution >= 4 is 72.1 Å². The first-order valence-electron chi connectivity index (χ1n) is 22.0. The van der Waals surface area contributed by atoms with E-state index in [0.29, 0.717) is 24.5 Å². The van der Waals surface area contributed by atoms with Gasteiger partial charge in [-0.3, -0.25) is 19.1 Å². The number of carbonyl (C=O) groups excluding carboxylic acids is 3. The second-order valence-corrected chi connectivity index (χ2v) is 23.0. The molecule has 2 aliphatic carbocycles. The smallest absolute Gasteiger partial charge is 0.435 e. The number of pyridine rings is 1. The Morgan fingerprint density at radius 2 is 1.57 bits per heavy atom. The summed E-state index contributed by atoms with van der Waals surface area (Å²) in [5.74, 6) is -11.0. The van der Waals surface area contributed by atoms with Crippen LogP contribution in [0.1, 0.15) is 66.1 Å². The number of nitrogens with zero attached hydrogens (tertiary/aromatic N) is 6. The van der Waals surface area contributed by atoms with Crippen LogP contribution in [0.25, 0.3) is 22.0 Å². The van der Waals surface area contributed by atoms with E-state index in [1.807, 2.05) is 0 Å². The third kappa shape index (κ3) is 12.2. The molecule has 31 heteroatoms. The van der Waals surface area contributed by atoms with Crippen molar-refractivity contribution in [3.63, 3.8) is 0 Å². The van der Waals surface area contributed by atoms with E-state index < -0.39 is 173 Å². The summed E-state index contributed by atoms with van der Waals surface area (Å²) in [4.78, 5) is 55.1. The van der Waals surface area contributed by atoms with Gasteiger partial charge >= 0.3 is 36.3 Å². The molecule has 2 N–H and O–H groups in total. The van der Waals surface area contributed by atoms with Gasteiger partial charge in [-0.2, -0.15) is 49.6 Å². The number of anilines is 1. The SMILES string of the molecule is CC(C)(CCc1ccc(-c2ccc(Cl)c3c(N(C(=O)OCOC(=O)/C=C/C(=O)O)S(C)(=O)=O)nn(CC(F)(F)F)c23)c([C@H](Cc2cc(F)cc(F)c2)NC(=O)Cn2nc(C(F)(F)F)c3c2C(F)(F)[C@@H]2C#C[C@H]32)n1)S(C)(=O)=O. The van der Waals surface area contributed by atoms with Crippen molar-refractivity contribution in [1.82, 2.24) is 29.9 Å². The number of esters is 1. The number of carboxylic acid groups (broad SMARTS) is 1. The number of aromatic nitrogens is 5. The minimum atomic E-state index is -5.32. The van der Waals surface area contributed by atoms with Crippen molar-refractivity contribution < 1.29 is 94.5 Å². The highest BCUT2D eigenvalue weighted by atomic mass is 35.5. The fourth-order valence-corrected chi connectivity index (χ4v) is 9.85. The number of aryl methyl sites for hydroxylation is 1. The maximum atomic E-state index is 15.8. The molecule has 77 heavy (non-hydrogen) atoms. The van der Waals surface area contributed by atoms with Crippen molar-refractivity contribution in [2.75, 3.05) is 23.6 Å². The Hall–Kier alpha value is -7.26. The molecule has 0 fully saturated rings.